The first kappa shape index (κ1) is 19.4. The summed E-state index contributed by atoms with van der Waals surface area (Å²) in [5.41, 5.74) is 1.09. The van der Waals surface area contributed by atoms with Gasteiger partial charge >= 0.3 is 12.0 Å². The zero-order valence-electron chi connectivity index (χ0n) is 15.7. The van der Waals surface area contributed by atoms with Crippen LogP contribution in [0.1, 0.15) is 54.0 Å². The van der Waals surface area contributed by atoms with Gasteiger partial charge in [-0.2, -0.15) is 5.26 Å². The van der Waals surface area contributed by atoms with Crippen LogP contribution in [0.3, 0.4) is 0 Å². The number of amides is 2. The first-order chi connectivity index (χ1) is 13.6. The Kier molecular flexibility index (Phi) is 6.27. The number of urea groups is 1. The van der Waals surface area contributed by atoms with E-state index in [4.69, 9.17) is 9.68 Å². The molecule has 2 amide bonds. The summed E-state index contributed by atoms with van der Waals surface area (Å²) >= 11 is 0. The summed E-state index contributed by atoms with van der Waals surface area (Å²) in [6.45, 7) is 0.144. The Hall–Kier alpha value is -3.34. The minimum atomic E-state index is -0.586. The van der Waals surface area contributed by atoms with Crippen molar-refractivity contribution in [2.75, 3.05) is 12.4 Å². The lowest BCUT2D eigenvalue weighted by atomic mass is 9.94. The second-order valence-corrected chi connectivity index (χ2v) is 6.66. The Bertz CT molecular complexity index is 880. The van der Waals surface area contributed by atoms with Crippen molar-refractivity contribution >= 4 is 17.7 Å². The lowest BCUT2D eigenvalue weighted by Gasteiger charge is -2.33. The Morgan fingerprint density at radius 2 is 2.14 bits per heavy atom. The molecule has 1 heterocycles. The number of esters is 1. The van der Waals surface area contributed by atoms with E-state index < -0.39 is 5.97 Å². The summed E-state index contributed by atoms with van der Waals surface area (Å²) in [5.74, 6) is -0.316. The number of nitrogens with one attached hydrogen (secondary N) is 1. The Labute approximate surface area is 163 Å². The van der Waals surface area contributed by atoms with Crippen LogP contribution in [0.2, 0.25) is 0 Å². The fraction of sp³-hybridized carbons (Fsp3) is 0.400. The van der Waals surface area contributed by atoms with Gasteiger partial charge in [-0.3, -0.25) is 0 Å². The van der Waals surface area contributed by atoms with Gasteiger partial charge in [0.05, 0.1) is 25.3 Å². The smallest absolute Gasteiger partial charge is 0.360 e. The molecule has 8 heteroatoms. The van der Waals surface area contributed by atoms with Crippen molar-refractivity contribution in [3.63, 3.8) is 0 Å². The molecular formula is C20H22N4O4. The average Bonchev–Trinajstić information content (AvgIpc) is 3.21. The zero-order chi connectivity index (χ0) is 19.9. The van der Waals surface area contributed by atoms with E-state index in [1.54, 1.807) is 29.2 Å². The first-order valence-corrected chi connectivity index (χ1v) is 9.21. The van der Waals surface area contributed by atoms with E-state index in [0.717, 1.165) is 32.1 Å². The molecule has 8 nitrogen and oxygen atoms in total. The number of hydrogen-bond donors (Lipinski definition) is 1. The van der Waals surface area contributed by atoms with E-state index in [9.17, 15) is 9.59 Å². The van der Waals surface area contributed by atoms with Crippen molar-refractivity contribution in [3.05, 3.63) is 47.7 Å². The van der Waals surface area contributed by atoms with E-state index in [1.807, 2.05) is 0 Å². The number of nitrogens with zero attached hydrogens (tertiary/aromatic N) is 3. The van der Waals surface area contributed by atoms with Gasteiger partial charge in [-0.05, 0) is 31.0 Å². The third kappa shape index (κ3) is 4.68. The predicted octanol–water partition coefficient (Wildman–Crippen LogP) is 3.70. The van der Waals surface area contributed by atoms with Crippen molar-refractivity contribution in [2.45, 2.75) is 44.7 Å². The van der Waals surface area contributed by atoms with Gasteiger partial charge in [-0.1, -0.05) is 25.3 Å². The number of ether oxygens (including phenoxy) is 1. The molecule has 0 radical (unpaired) electrons. The average molecular weight is 382 g/mol. The second kappa shape index (κ2) is 9.04. The van der Waals surface area contributed by atoms with Crippen LogP contribution in [-0.2, 0) is 11.3 Å². The largest absolute Gasteiger partial charge is 0.464 e. The van der Waals surface area contributed by atoms with Crippen LogP contribution in [0.15, 0.2) is 34.9 Å². The molecule has 0 atom stereocenters. The minimum Gasteiger partial charge on any atom is -0.464 e. The lowest BCUT2D eigenvalue weighted by molar-refractivity contribution is 0.0594. The van der Waals surface area contributed by atoms with E-state index in [1.165, 1.54) is 13.4 Å². The maximum absolute atomic E-state index is 13.0. The third-order valence-electron chi connectivity index (χ3n) is 4.77. The molecule has 1 fully saturated rings. The molecule has 28 heavy (non-hydrogen) atoms. The number of nitriles is 1. The highest BCUT2D eigenvalue weighted by molar-refractivity contribution is 5.90. The van der Waals surface area contributed by atoms with E-state index >= 15 is 0 Å². The summed E-state index contributed by atoms with van der Waals surface area (Å²) in [5, 5.41) is 11.9. The predicted molar refractivity (Wildman–Crippen MR) is 100 cm³/mol. The van der Waals surface area contributed by atoms with Crippen molar-refractivity contribution < 1.29 is 18.7 Å². The fourth-order valence-corrected chi connectivity index (χ4v) is 3.35. The molecule has 0 unspecified atom stereocenters. The van der Waals surface area contributed by atoms with Crippen LogP contribution in [0.4, 0.5) is 10.5 Å². The van der Waals surface area contributed by atoms with Crippen LogP contribution in [0, 0.1) is 11.3 Å². The molecule has 1 aliphatic carbocycles. The Balaban J connectivity index is 1.77. The highest BCUT2D eigenvalue weighted by Crippen LogP contribution is 2.25. The van der Waals surface area contributed by atoms with Gasteiger partial charge in [-0.15, -0.1) is 0 Å². The van der Waals surface area contributed by atoms with Gasteiger partial charge in [-0.25, -0.2) is 14.6 Å². The SMILES string of the molecule is COC(=O)c1coc(CN(C(=O)Nc2cccc(C#N)c2)C2CCCCC2)n1. The molecule has 1 aromatic carbocycles. The zero-order valence-corrected chi connectivity index (χ0v) is 15.7. The molecule has 2 aromatic rings. The maximum Gasteiger partial charge on any atom is 0.360 e. The van der Waals surface area contributed by atoms with E-state index in [0.29, 0.717) is 11.3 Å². The number of carbonyl (C=O) groups is 2. The monoisotopic (exact) mass is 382 g/mol. The van der Waals surface area contributed by atoms with Crippen molar-refractivity contribution in [2.24, 2.45) is 0 Å². The summed E-state index contributed by atoms with van der Waals surface area (Å²) in [6.07, 6.45) is 6.29. The minimum absolute atomic E-state index is 0.0568. The van der Waals surface area contributed by atoms with Gasteiger partial charge in [0.15, 0.2) is 5.69 Å². The van der Waals surface area contributed by atoms with Gasteiger partial charge in [0, 0.05) is 11.7 Å². The van der Waals surface area contributed by atoms with Crippen molar-refractivity contribution in [1.29, 1.82) is 5.26 Å². The van der Waals surface area contributed by atoms with Crippen molar-refractivity contribution in [3.8, 4) is 6.07 Å². The molecule has 1 saturated carbocycles. The number of oxazole rings is 1. The van der Waals surface area contributed by atoms with Gasteiger partial charge in [0.2, 0.25) is 5.89 Å². The summed E-state index contributed by atoms with van der Waals surface area (Å²) < 4.78 is 10.0. The van der Waals surface area contributed by atoms with Crippen LogP contribution in [0.5, 0.6) is 0 Å². The molecule has 1 aromatic heterocycles. The standard InChI is InChI=1S/C20H22N4O4/c1-27-19(25)17-13-28-18(23-17)12-24(16-8-3-2-4-9-16)20(26)22-15-7-5-6-14(10-15)11-21/h5-7,10,13,16H,2-4,8-9,12H2,1H3,(H,22,26). The van der Waals surface area contributed by atoms with Crippen LogP contribution >= 0.6 is 0 Å². The number of hydrogen-bond acceptors (Lipinski definition) is 6. The molecule has 0 spiro atoms. The number of aromatic nitrogens is 1. The number of rotatable bonds is 5. The molecule has 146 valence electrons. The number of benzene rings is 1. The molecule has 0 bridgehead atoms. The van der Waals surface area contributed by atoms with Crippen LogP contribution < -0.4 is 5.32 Å². The molecular weight excluding hydrogens is 360 g/mol. The molecule has 0 aliphatic heterocycles. The summed E-state index contributed by atoms with van der Waals surface area (Å²) in [6, 6.07) is 8.57. The Morgan fingerprint density at radius 1 is 1.36 bits per heavy atom. The quantitative estimate of drug-likeness (QED) is 0.790. The highest BCUT2D eigenvalue weighted by Gasteiger charge is 2.27. The number of methoxy groups -OCH3 is 1. The number of carbonyl (C=O) groups excluding carboxylic acids is 2. The third-order valence-corrected chi connectivity index (χ3v) is 4.77. The maximum atomic E-state index is 13.0. The highest BCUT2D eigenvalue weighted by atomic mass is 16.5. The molecule has 3 rings (SSSR count). The van der Waals surface area contributed by atoms with Crippen LogP contribution in [0.25, 0.3) is 0 Å². The van der Waals surface area contributed by atoms with Crippen LogP contribution in [-0.4, -0.2) is 35.0 Å². The molecule has 0 saturated heterocycles. The molecule has 1 aliphatic rings. The topological polar surface area (TPSA) is 108 Å². The van der Waals surface area contributed by atoms with Crippen molar-refractivity contribution in [1.82, 2.24) is 9.88 Å². The van der Waals surface area contributed by atoms with E-state index in [2.05, 4.69) is 21.1 Å². The van der Waals surface area contributed by atoms with Gasteiger partial charge < -0.3 is 19.4 Å². The second-order valence-electron chi connectivity index (χ2n) is 6.66. The Morgan fingerprint density at radius 3 is 2.86 bits per heavy atom. The van der Waals surface area contributed by atoms with Gasteiger partial charge in [0.1, 0.15) is 6.26 Å². The fourth-order valence-electron chi connectivity index (χ4n) is 3.35. The molecule has 1 N–H and O–H groups in total. The number of anilines is 1. The lowest BCUT2D eigenvalue weighted by Crippen LogP contribution is -2.43. The normalized spacial score (nSPS) is 14.1. The summed E-state index contributed by atoms with van der Waals surface area (Å²) in [4.78, 5) is 30.4. The van der Waals surface area contributed by atoms with Gasteiger partial charge in [0.25, 0.3) is 0 Å². The summed E-state index contributed by atoms with van der Waals surface area (Å²) in [7, 11) is 1.27. The van der Waals surface area contributed by atoms with E-state index in [-0.39, 0.29) is 30.2 Å². The first-order valence-electron chi connectivity index (χ1n) is 9.21.